The average molecular weight is 350 g/mol. The number of nitrogens with one attached hydrogen (secondary N) is 2. The minimum absolute atomic E-state index is 0.380. The summed E-state index contributed by atoms with van der Waals surface area (Å²) in [5.41, 5.74) is 0.985. The monoisotopic (exact) mass is 349 g/mol. The normalized spacial score (nSPS) is 19.4. The van der Waals surface area contributed by atoms with Crippen molar-refractivity contribution in [1.29, 1.82) is 0 Å². The van der Waals surface area contributed by atoms with E-state index in [2.05, 4.69) is 53.4 Å². The van der Waals surface area contributed by atoms with E-state index in [1.54, 1.807) is 0 Å². The van der Waals surface area contributed by atoms with Crippen molar-refractivity contribution in [3.8, 4) is 0 Å². The van der Waals surface area contributed by atoms with Crippen molar-refractivity contribution in [2.75, 3.05) is 26.2 Å². The Morgan fingerprint density at radius 2 is 2.24 bits per heavy atom. The van der Waals surface area contributed by atoms with Crippen LogP contribution in [-0.4, -0.2) is 48.2 Å². The molecule has 1 aliphatic heterocycles. The Kier molecular flexibility index (Phi) is 8.25. The van der Waals surface area contributed by atoms with E-state index in [4.69, 9.17) is 4.52 Å². The number of hydrogen-bond acceptors (Lipinski definition) is 4. The van der Waals surface area contributed by atoms with Gasteiger partial charge in [-0.1, -0.05) is 25.4 Å². The first-order chi connectivity index (χ1) is 12.1. The molecule has 1 atom stereocenters. The summed E-state index contributed by atoms with van der Waals surface area (Å²) < 4.78 is 5.35. The number of guanidine groups is 1. The van der Waals surface area contributed by atoms with Gasteiger partial charge in [0.25, 0.3) is 0 Å². The van der Waals surface area contributed by atoms with Crippen molar-refractivity contribution in [3.63, 3.8) is 0 Å². The Morgan fingerprint density at radius 3 is 2.92 bits per heavy atom. The fourth-order valence-electron chi connectivity index (χ4n) is 3.15. The molecule has 6 heteroatoms. The average Bonchev–Trinajstić information content (AvgIpc) is 3.07. The summed E-state index contributed by atoms with van der Waals surface area (Å²) in [4.78, 5) is 7.21. The molecule has 1 unspecified atom stereocenters. The molecule has 0 amide bonds. The van der Waals surface area contributed by atoms with Gasteiger partial charge in [0.05, 0.1) is 5.69 Å². The smallest absolute Gasteiger partial charge is 0.191 e. The van der Waals surface area contributed by atoms with Crippen LogP contribution in [0.3, 0.4) is 0 Å². The molecule has 0 bridgehead atoms. The lowest BCUT2D eigenvalue weighted by Gasteiger charge is -2.33. The van der Waals surface area contributed by atoms with Gasteiger partial charge in [0.15, 0.2) is 11.7 Å². The second kappa shape index (κ2) is 10.4. The molecule has 142 valence electrons. The third kappa shape index (κ3) is 6.69. The lowest BCUT2D eigenvalue weighted by Crippen LogP contribution is -2.41. The second-order valence-electron chi connectivity index (χ2n) is 7.23. The van der Waals surface area contributed by atoms with Gasteiger partial charge < -0.3 is 20.1 Å². The Bertz CT molecular complexity index is 526. The van der Waals surface area contributed by atoms with Gasteiger partial charge in [-0.25, -0.2) is 4.99 Å². The molecule has 1 fully saturated rings. The van der Waals surface area contributed by atoms with Gasteiger partial charge in [-0.15, -0.1) is 0 Å². The number of aliphatic imine (C=N–C) groups is 1. The Morgan fingerprint density at radius 1 is 1.40 bits per heavy atom. The zero-order valence-corrected chi connectivity index (χ0v) is 16.3. The minimum Gasteiger partial charge on any atom is -0.359 e. The minimum atomic E-state index is 0.380. The number of likely N-dealkylation sites (tertiary alicyclic amines) is 1. The van der Waals surface area contributed by atoms with Crippen LogP contribution >= 0.6 is 0 Å². The van der Waals surface area contributed by atoms with Crippen LogP contribution in [0.25, 0.3) is 0 Å². The summed E-state index contributed by atoms with van der Waals surface area (Å²) in [7, 11) is 0. The Labute approximate surface area is 152 Å². The van der Waals surface area contributed by atoms with Crippen LogP contribution in [0, 0.1) is 0 Å². The van der Waals surface area contributed by atoms with Crippen LogP contribution in [0.15, 0.2) is 15.6 Å². The predicted molar refractivity (Wildman–Crippen MR) is 103 cm³/mol. The van der Waals surface area contributed by atoms with Gasteiger partial charge in [-0.05, 0) is 45.6 Å². The molecule has 0 aliphatic carbocycles. The van der Waals surface area contributed by atoms with E-state index < -0.39 is 0 Å². The summed E-state index contributed by atoms with van der Waals surface area (Å²) in [5, 5.41) is 10.8. The zero-order chi connectivity index (χ0) is 18.1. The quantitative estimate of drug-likeness (QED) is 0.429. The maximum atomic E-state index is 5.35. The van der Waals surface area contributed by atoms with E-state index in [0.717, 1.165) is 49.5 Å². The Balaban J connectivity index is 1.75. The third-order valence-corrected chi connectivity index (χ3v) is 4.76. The summed E-state index contributed by atoms with van der Waals surface area (Å²) >= 11 is 0. The molecule has 2 N–H and O–H groups in total. The van der Waals surface area contributed by atoms with E-state index in [-0.39, 0.29) is 0 Å². The first kappa shape index (κ1) is 19.8. The van der Waals surface area contributed by atoms with Crippen LogP contribution < -0.4 is 10.6 Å². The van der Waals surface area contributed by atoms with Gasteiger partial charge >= 0.3 is 0 Å². The van der Waals surface area contributed by atoms with Crippen molar-refractivity contribution in [2.24, 2.45) is 4.99 Å². The topological polar surface area (TPSA) is 65.7 Å². The number of hydrogen-bond donors (Lipinski definition) is 2. The highest BCUT2D eigenvalue weighted by Gasteiger charge is 2.17. The number of rotatable bonds is 8. The molecule has 1 aliphatic rings. The van der Waals surface area contributed by atoms with Gasteiger partial charge in [0.2, 0.25) is 0 Å². The standard InChI is InChI=1S/C19H35N5O/c1-5-20-19(22-14-17-13-18(15(2)3)23-25-17)21-10-8-12-24-11-7-6-9-16(24)4/h13,15-16H,5-12,14H2,1-4H3,(H2,20,21,22). The van der Waals surface area contributed by atoms with Crippen LogP contribution in [0.5, 0.6) is 0 Å². The third-order valence-electron chi connectivity index (χ3n) is 4.76. The molecule has 0 aromatic carbocycles. The van der Waals surface area contributed by atoms with Crippen molar-refractivity contribution < 1.29 is 4.52 Å². The molecule has 0 saturated carbocycles. The predicted octanol–water partition coefficient (Wildman–Crippen LogP) is 3.12. The van der Waals surface area contributed by atoms with Crippen LogP contribution in [0.2, 0.25) is 0 Å². The summed E-state index contributed by atoms with van der Waals surface area (Å²) in [6, 6.07) is 2.73. The highest BCUT2D eigenvalue weighted by molar-refractivity contribution is 5.79. The molecule has 1 aromatic heterocycles. The second-order valence-corrected chi connectivity index (χ2v) is 7.23. The van der Waals surface area contributed by atoms with Crippen LogP contribution in [-0.2, 0) is 6.54 Å². The van der Waals surface area contributed by atoms with E-state index in [0.29, 0.717) is 12.5 Å². The highest BCUT2D eigenvalue weighted by atomic mass is 16.5. The summed E-state index contributed by atoms with van der Waals surface area (Å²) in [5.74, 6) is 2.03. The van der Waals surface area contributed by atoms with E-state index >= 15 is 0 Å². The zero-order valence-electron chi connectivity index (χ0n) is 16.3. The highest BCUT2D eigenvalue weighted by Crippen LogP contribution is 2.16. The van der Waals surface area contributed by atoms with Crippen molar-refractivity contribution in [3.05, 3.63) is 17.5 Å². The van der Waals surface area contributed by atoms with Crippen molar-refractivity contribution in [1.82, 2.24) is 20.7 Å². The number of piperidine rings is 1. The fraction of sp³-hybridized carbons (Fsp3) is 0.789. The maximum Gasteiger partial charge on any atom is 0.191 e. The first-order valence-corrected chi connectivity index (χ1v) is 9.81. The maximum absolute atomic E-state index is 5.35. The number of aromatic nitrogens is 1. The molecular formula is C19H35N5O. The largest absolute Gasteiger partial charge is 0.359 e. The molecule has 0 radical (unpaired) electrons. The molecular weight excluding hydrogens is 314 g/mol. The first-order valence-electron chi connectivity index (χ1n) is 9.81. The SMILES string of the molecule is CCNC(=NCc1cc(C(C)C)no1)NCCCN1CCCCC1C. The molecule has 0 spiro atoms. The van der Waals surface area contributed by atoms with Crippen molar-refractivity contribution in [2.45, 2.75) is 71.9 Å². The Hall–Kier alpha value is -1.56. The van der Waals surface area contributed by atoms with Gasteiger partial charge in [-0.3, -0.25) is 0 Å². The molecule has 1 aromatic rings. The molecule has 6 nitrogen and oxygen atoms in total. The number of nitrogens with zero attached hydrogens (tertiary/aromatic N) is 3. The van der Waals surface area contributed by atoms with Gasteiger partial charge in [0, 0.05) is 31.7 Å². The summed E-state index contributed by atoms with van der Waals surface area (Å²) in [6.45, 7) is 13.4. The lowest BCUT2D eigenvalue weighted by molar-refractivity contribution is 0.159. The fourth-order valence-corrected chi connectivity index (χ4v) is 3.15. The van der Waals surface area contributed by atoms with E-state index in [9.17, 15) is 0 Å². The molecule has 1 saturated heterocycles. The van der Waals surface area contributed by atoms with E-state index in [1.807, 2.05) is 6.07 Å². The summed E-state index contributed by atoms with van der Waals surface area (Å²) in [6.07, 6.45) is 5.20. The molecule has 2 rings (SSSR count). The van der Waals surface area contributed by atoms with Gasteiger partial charge in [0.1, 0.15) is 6.54 Å². The van der Waals surface area contributed by atoms with E-state index in [1.165, 1.54) is 25.8 Å². The van der Waals surface area contributed by atoms with Crippen LogP contribution in [0.1, 0.15) is 70.8 Å². The molecule has 2 heterocycles. The van der Waals surface area contributed by atoms with Crippen LogP contribution in [0.4, 0.5) is 0 Å². The van der Waals surface area contributed by atoms with Gasteiger partial charge in [-0.2, -0.15) is 0 Å². The lowest BCUT2D eigenvalue weighted by atomic mass is 10.0. The van der Waals surface area contributed by atoms with Crippen molar-refractivity contribution >= 4 is 5.96 Å². The molecule has 25 heavy (non-hydrogen) atoms.